The molecule has 27 heavy (non-hydrogen) atoms. The fraction of sp³-hybridized carbons (Fsp3) is 0.316. The second-order valence-corrected chi connectivity index (χ2v) is 7.94. The molecule has 2 aliphatic rings. The molecule has 7 nitrogen and oxygen atoms in total. The maximum absolute atomic E-state index is 13.1. The summed E-state index contributed by atoms with van der Waals surface area (Å²) in [7, 11) is 1.60. The van der Waals surface area contributed by atoms with E-state index in [1.165, 1.54) is 11.1 Å². The number of carbonyl (C=O) groups excluding carboxylic acids is 1. The normalized spacial score (nSPS) is 23.2. The molecule has 3 N–H and O–H groups in total. The van der Waals surface area contributed by atoms with Crippen molar-refractivity contribution < 1.29 is 9.53 Å². The predicted molar refractivity (Wildman–Crippen MR) is 103 cm³/mol. The summed E-state index contributed by atoms with van der Waals surface area (Å²) in [6, 6.07) is 6.87. The Morgan fingerprint density at radius 2 is 2.04 bits per heavy atom. The third kappa shape index (κ3) is 2.61. The summed E-state index contributed by atoms with van der Waals surface area (Å²) in [5.41, 5.74) is 5.53. The second kappa shape index (κ2) is 5.60. The van der Waals surface area contributed by atoms with Crippen molar-refractivity contribution in [2.24, 2.45) is 10.7 Å². The number of rotatable bonds is 1. The number of benzene rings is 1. The van der Waals surface area contributed by atoms with Gasteiger partial charge in [-0.2, -0.15) is 0 Å². The molecular formula is C19H19ClN4O3. The smallest absolute Gasteiger partial charge is 0.261 e. The number of aromatic amines is 1. The lowest BCUT2D eigenvalue weighted by atomic mass is 9.77. The first-order valence-corrected chi connectivity index (χ1v) is 8.86. The zero-order chi connectivity index (χ0) is 19.6. The van der Waals surface area contributed by atoms with Crippen LogP contribution >= 0.6 is 11.6 Å². The van der Waals surface area contributed by atoms with Crippen molar-refractivity contribution >= 4 is 23.5 Å². The van der Waals surface area contributed by atoms with Crippen LogP contribution in [0.4, 0.5) is 0 Å². The van der Waals surface area contributed by atoms with E-state index in [1.807, 2.05) is 13.8 Å². The minimum atomic E-state index is -1.17. The first-order valence-electron chi connectivity index (χ1n) is 8.49. The number of pyridine rings is 1. The van der Waals surface area contributed by atoms with Gasteiger partial charge in [-0.05, 0) is 37.6 Å². The molecular weight excluding hydrogens is 368 g/mol. The number of nitrogens with two attached hydrogens (primary N) is 1. The fourth-order valence-electron chi connectivity index (χ4n) is 3.82. The highest BCUT2D eigenvalue weighted by Gasteiger charge is 2.55. The Hall–Kier alpha value is -2.80. The summed E-state index contributed by atoms with van der Waals surface area (Å²) in [6.45, 7) is 3.81. The lowest BCUT2D eigenvalue weighted by Gasteiger charge is -2.41. The van der Waals surface area contributed by atoms with Crippen molar-refractivity contribution in [3.05, 3.63) is 51.4 Å². The Labute approximate surface area is 160 Å². The molecule has 140 valence electrons. The van der Waals surface area contributed by atoms with Gasteiger partial charge in [0.15, 0.2) is 11.5 Å². The van der Waals surface area contributed by atoms with Crippen LogP contribution < -0.4 is 16.0 Å². The Balaban J connectivity index is 1.96. The summed E-state index contributed by atoms with van der Waals surface area (Å²) in [4.78, 5) is 33.8. The molecule has 0 radical (unpaired) electrons. The largest absolute Gasteiger partial charge is 0.487 e. The monoisotopic (exact) mass is 386 g/mol. The van der Waals surface area contributed by atoms with Gasteiger partial charge in [-0.15, -0.1) is 0 Å². The average molecular weight is 387 g/mol. The van der Waals surface area contributed by atoms with Crippen molar-refractivity contribution in [2.75, 3.05) is 7.05 Å². The van der Waals surface area contributed by atoms with E-state index in [0.29, 0.717) is 33.9 Å². The Morgan fingerprint density at radius 1 is 1.30 bits per heavy atom. The van der Waals surface area contributed by atoms with E-state index >= 15 is 0 Å². The lowest BCUT2D eigenvalue weighted by Crippen LogP contribution is -2.49. The molecule has 0 bridgehead atoms. The lowest BCUT2D eigenvalue weighted by molar-refractivity contribution is -0.133. The van der Waals surface area contributed by atoms with Crippen LogP contribution in [0.5, 0.6) is 5.75 Å². The number of hydrogen-bond donors (Lipinski definition) is 2. The quantitative estimate of drug-likeness (QED) is 0.784. The van der Waals surface area contributed by atoms with Gasteiger partial charge in [-0.3, -0.25) is 14.5 Å². The number of H-pyrrole nitrogens is 1. The van der Waals surface area contributed by atoms with Gasteiger partial charge >= 0.3 is 0 Å². The number of aliphatic imine (C=N–C) groups is 1. The number of nitrogens with one attached hydrogen (secondary N) is 1. The van der Waals surface area contributed by atoms with E-state index < -0.39 is 11.1 Å². The van der Waals surface area contributed by atoms with Crippen molar-refractivity contribution in [1.29, 1.82) is 0 Å². The number of aromatic nitrogens is 1. The van der Waals surface area contributed by atoms with Crippen molar-refractivity contribution in [3.63, 3.8) is 0 Å². The zero-order valence-electron chi connectivity index (χ0n) is 15.2. The number of hydrogen-bond acceptors (Lipinski definition) is 5. The van der Waals surface area contributed by atoms with Gasteiger partial charge in [0, 0.05) is 30.8 Å². The minimum absolute atomic E-state index is 0.162. The average Bonchev–Trinajstić information content (AvgIpc) is 2.80. The molecule has 1 amide bonds. The second-order valence-electron chi connectivity index (χ2n) is 7.50. The number of carbonyl (C=O) groups is 1. The summed E-state index contributed by atoms with van der Waals surface area (Å²) in [6.07, 6.45) is 1.77. The Bertz CT molecular complexity index is 1060. The highest BCUT2D eigenvalue weighted by molar-refractivity contribution is 6.30. The first-order chi connectivity index (χ1) is 12.6. The molecule has 2 aliphatic heterocycles. The molecule has 0 saturated carbocycles. The maximum atomic E-state index is 13.1. The number of halogens is 1. The molecule has 8 heteroatoms. The summed E-state index contributed by atoms with van der Waals surface area (Å²) < 4.78 is 6.08. The molecule has 2 aromatic rings. The minimum Gasteiger partial charge on any atom is -0.487 e. The number of likely N-dealkylation sites (N-methyl/N-ethyl adjacent to an activating group) is 1. The van der Waals surface area contributed by atoms with Gasteiger partial charge in [0.05, 0.1) is 5.02 Å². The molecule has 0 saturated heterocycles. The summed E-state index contributed by atoms with van der Waals surface area (Å²) in [5.74, 6) is 0.498. The van der Waals surface area contributed by atoms with Crippen LogP contribution in [0.25, 0.3) is 11.1 Å². The van der Waals surface area contributed by atoms with Crippen LogP contribution in [0, 0.1) is 0 Å². The molecule has 1 aromatic carbocycles. The van der Waals surface area contributed by atoms with Crippen molar-refractivity contribution in [2.45, 2.75) is 31.4 Å². The van der Waals surface area contributed by atoms with Crippen LogP contribution in [0.1, 0.15) is 25.8 Å². The van der Waals surface area contributed by atoms with Gasteiger partial charge in [0.1, 0.15) is 11.4 Å². The van der Waals surface area contributed by atoms with E-state index in [0.717, 1.165) is 0 Å². The van der Waals surface area contributed by atoms with E-state index in [-0.39, 0.29) is 17.4 Å². The molecule has 1 atom stereocenters. The zero-order valence-corrected chi connectivity index (χ0v) is 15.9. The fourth-order valence-corrected chi connectivity index (χ4v) is 3.98. The predicted octanol–water partition coefficient (Wildman–Crippen LogP) is 2.24. The van der Waals surface area contributed by atoms with E-state index in [2.05, 4.69) is 9.98 Å². The molecule has 1 unspecified atom stereocenters. The summed E-state index contributed by atoms with van der Waals surface area (Å²) in [5, 5.41) is 0.411. The molecule has 1 spiro atoms. The van der Waals surface area contributed by atoms with Crippen molar-refractivity contribution in [1.82, 2.24) is 9.88 Å². The molecule has 0 fully saturated rings. The van der Waals surface area contributed by atoms with Crippen LogP contribution in [0.2, 0.25) is 5.02 Å². The third-order valence-electron chi connectivity index (χ3n) is 4.98. The van der Waals surface area contributed by atoms with Gasteiger partial charge in [0.25, 0.3) is 11.5 Å². The van der Waals surface area contributed by atoms with Crippen LogP contribution in [0.3, 0.4) is 0 Å². The standard InChI is InChI=1S/C19H19ClN4O3/c1-18(2)9-19(16(26)24(3)17(21)23-19)13-6-10(4-5-14(13)27-18)12-7-11(20)8-22-15(12)25/h4-8H,9H2,1-3H3,(H2,21,23)(H,22,25). The molecule has 4 rings (SSSR count). The van der Waals surface area contributed by atoms with Gasteiger partial charge in [-0.25, -0.2) is 4.99 Å². The number of fused-ring (bicyclic) bond motifs is 2. The van der Waals surface area contributed by atoms with Gasteiger partial charge in [0.2, 0.25) is 0 Å². The van der Waals surface area contributed by atoms with Crippen LogP contribution in [0.15, 0.2) is 40.2 Å². The number of ether oxygens (including phenoxy) is 1. The van der Waals surface area contributed by atoms with E-state index in [9.17, 15) is 9.59 Å². The highest BCUT2D eigenvalue weighted by atomic mass is 35.5. The van der Waals surface area contributed by atoms with Gasteiger partial charge < -0.3 is 15.5 Å². The Morgan fingerprint density at radius 3 is 2.70 bits per heavy atom. The number of guanidine groups is 1. The SMILES string of the molecule is CN1C(=O)C2(CC(C)(C)Oc3ccc(-c4cc(Cl)c[nH]c4=O)cc32)N=C1N. The molecule has 1 aromatic heterocycles. The molecule has 3 heterocycles. The molecule has 0 aliphatic carbocycles. The maximum Gasteiger partial charge on any atom is 0.261 e. The first kappa shape index (κ1) is 17.6. The van der Waals surface area contributed by atoms with E-state index in [1.54, 1.807) is 31.3 Å². The van der Waals surface area contributed by atoms with E-state index in [4.69, 9.17) is 22.1 Å². The number of amides is 1. The van der Waals surface area contributed by atoms with Crippen LogP contribution in [-0.2, 0) is 10.3 Å². The third-order valence-corrected chi connectivity index (χ3v) is 5.20. The Kier molecular flexibility index (Phi) is 3.65. The highest BCUT2D eigenvalue weighted by Crippen LogP contribution is 2.49. The summed E-state index contributed by atoms with van der Waals surface area (Å²) >= 11 is 6.04. The van der Waals surface area contributed by atoms with Crippen molar-refractivity contribution in [3.8, 4) is 16.9 Å². The topological polar surface area (TPSA) is 101 Å². The number of nitrogens with zero attached hydrogens (tertiary/aromatic N) is 2. The van der Waals surface area contributed by atoms with Crippen LogP contribution in [-0.4, -0.2) is 34.4 Å². The van der Waals surface area contributed by atoms with Gasteiger partial charge in [-0.1, -0.05) is 17.7 Å².